The molecule has 3 nitrogen and oxygen atoms in total. The lowest BCUT2D eigenvalue weighted by Crippen LogP contribution is -2.84. The van der Waals surface area contributed by atoms with E-state index in [4.69, 9.17) is 59.7 Å². The quantitative estimate of drug-likeness (QED) is 0.388. The molecule has 0 aromatic rings. The van der Waals surface area contributed by atoms with Crippen LogP contribution in [0.2, 0.25) is 0 Å². The van der Waals surface area contributed by atoms with Crippen molar-refractivity contribution in [3.05, 3.63) is 0 Å². The van der Waals surface area contributed by atoms with Gasteiger partial charge in [-0.2, -0.15) is 0 Å². The van der Waals surface area contributed by atoms with Crippen LogP contribution < -0.4 is 0 Å². The molecule has 1 N–H and O–H groups in total. The maximum absolute atomic E-state index is 9.80. The molecule has 1 aliphatic rings. The Morgan fingerprint density at radius 2 is 1.33 bits per heavy atom. The van der Waals surface area contributed by atoms with Gasteiger partial charge in [-0.25, -0.2) is 0 Å². The van der Waals surface area contributed by atoms with E-state index in [0.29, 0.717) is 0 Å². The zero-order valence-electron chi connectivity index (χ0n) is 8.34. The zero-order valence-corrected chi connectivity index (χ0v) is 8.34. The number of morpholine rings is 1. The molecule has 0 aromatic carbocycles. The largest absolute Gasteiger partial charge is 0.403 e. The molecule has 10 heteroatoms. The van der Waals surface area contributed by atoms with Crippen molar-refractivity contribution in [2.45, 2.75) is 21.8 Å². The van der Waals surface area contributed by atoms with Gasteiger partial charge in [-0.05, 0) is 17.8 Å². The van der Waals surface area contributed by atoms with Crippen molar-refractivity contribution in [1.29, 1.82) is 0 Å². The average molecular weight is 186 g/mol. The molecule has 0 aromatic heterocycles. The fourth-order valence-corrected chi connectivity index (χ4v) is 1.24. The van der Waals surface area contributed by atoms with Crippen molar-refractivity contribution in [2.75, 3.05) is 7.05 Å². The Morgan fingerprint density at radius 3 is 1.73 bits per heavy atom. The number of rotatable bonds is 0. The zero-order chi connectivity index (χ0) is 12.3. The number of likely N-dealkylation sites (N-methyl/N-ethyl adjacent to an activating group) is 1. The summed E-state index contributed by atoms with van der Waals surface area (Å²) >= 11 is 0. The molecule has 0 bridgehead atoms. The molecule has 0 saturated carbocycles. The van der Waals surface area contributed by atoms with E-state index in [0.717, 1.165) is 4.90 Å². The van der Waals surface area contributed by atoms with Crippen LogP contribution in [0.15, 0.2) is 0 Å². The van der Waals surface area contributed by atoms with Gasteiger partial charge in [-0.15, -0.1) is 0 Å². The molecule has 1 aliphatic heterocycles. The summed E-state index contributed by atoms with van der Waals surface area (Å²) in [4.78, 5) is 0.837. The summed E-state index contributed by atoms with van der Waals surface area (Å²) in [6.07, 6.45) is 0. The lowest BCUT2D eigenvalue weighted by molar-refractivity contribution is -0.207. The second-order valence-corrected chi connectivity index (χ2v) is 3.80. The van der Waals surface area contributed by atoms with Crippen LogP contribution in [-0.2, 0) is 4.74 Å². The number of hydrogen-bond acceptors (Lipinski definition) is 3. The highest BCUT2D eigenvalue weighted by atomic mass is 16.5. The maximum Gasteiger partial charge on any atom is 0.137 e. The van der Waals surface area contributed by atoms with Gasteiger partial charge in [0.2, 0.25) is 0 Å². The number of hydrogen-bond donors (Lipinski definition) is 1. The van der Waals surface area contributed by atoms with E-state index < -0.39 is 21.8 Å². The molecule has 1 fully saturated rings. The Hall–Kier alpha value is 0.335. The van der Waals surface area contributed by atoms with Crippen molar-refractivity contribution in [1.82, 2.24) is 4.90 Å². The van der Waals surface area contributed by atoms with Gasteiger partial charge < -0.3 is 9.84 Å². The third kappa shape index (κ3) is 1.65. The number of aliphatic hydroxyl groups is 1. The Morgan fingerprint density at radius 1 is 0.933 bits per heavy atom. The third-order valence-corrected chi connectivity index (χ3v) is 2.61. The van der Waals surface area contributed by atoms with Crippen LogP contribution in [0.25, 0.3) is 0 Å². The van der Waals surface area contributed by atoms with Crippen LogP contribution in [-0.4, -0.2) is 93.7 Å². The lowest BCUT2D eigenvalue weighted by atomic mass is 9.35. The van der Waals surface area contributed by atoms with Crippen LogP contribution in [0, 0.1) is 0 Å². The molecule has 0 amide bonds. The first-order valence-corrected chi connectivity index (χ1v) is 4.05. The van der Waals surface area contributed by atoms with Gasteiger partial charge in [0.05, 0.1) is 37.0 Å². The number of ether oxygens (including phenoxy) is 1. The average Bonchev–Trinajstić information content (AvgIpc) is 1.98. The second-order valence-electron chi connectivity index (χ2n) is 3.80. The van der Waals surface area contributed by atoms with E-state index in [9.17, 15) is 5.11 Å². The van der Waals surface area contributed by atoms with E-state index in [-0.39, 0.29) is 0 Å². The fourth-order valence-electron chi connectivity index (χ4n) is 1.24. The van der Waals surface area contributed by atoms with E-state index in [1.807, 2.05) is 0 Å². The monoisotopic (exact) mass is 187 g/mol. The molecule has 15 heavy (non-hydrogen) atoms. The van der Waals surface area contributed by atoms with Crippen molar-refractivity contribution in [2.24, 2.45) is 0 Å². The van der Waals surface area contributed by atoms with Gasteiger partial charge in [0, 0.05) is 5.40 Å². The van der Waals surface area contributed by atoms with Crippen LogP contribution in [0.5, 0.6) is 0 Å². The Bertz CT molecular complexity index is 253. The van der Waals surface area contributed by atoms with Crippen molar-refractivity contribution < 1.29 is 9.84 Å². The highest BCUT2D eigenvalue weighted by Crippen LogP contribution is 2.38. The fraction of sp³-hybridized carbons (Fsp3) is 1.00. The van der Waals surface area contributed by atoms with E-state index in [1.165, 1.54) is 7.05 Å². The first-order valence-electron chi connectivity index (χ1n) is 4.05. The SMILES string of the molecule is [B]C1([B])OC([B])([B])C([B])(O)N(C)C1([B])[B]. The second kappa shape index (κ2) is 3.17. The summed E-state index contributed by atoms with van der Waals surface area (Å²) in [7, 11) is 39.6. The Kier molecular flexibility index (Phi) is 2.84. The lowest BCUT2D eigenvalue weighted by Gasteiger charge is -2.67. The normalized spacial score (nSPS) is 38.5. The Labute approximate surface area is 98.9 Å². The van der Waals surface area contributed by atoms with Crippen LogP contribution in [0.1, 0.15) is 0 Å². The van der Waals surface area contributed by atoms with Gasteiger partial charge >= 0.3 is 0 Å². The van der Waals surface area contributed by atoms with Crippen molar-refractivity contribution >= 4 is 54.9 Å². The standard InChI is InChI=1S/C5H4B7NO2/c1-13-2(6,7)3(8,9)15-4(10,11)5(13,12)14/h14H,1H3. The highest BCUT2D eigenvalue weighted by Gasteiger charge is 2.57. The van der Waals surface area contributed by atoms with Gasteiger partial charge in [-0.1, -0.05) is 0 Å². The summed E-state index contributed by atoms with van der Waals surface area (Å²) in [6.45, 7) is 0. The number of nitrogens with zero attached hydrogens (tertiary/aromatic N) is 1. The molecule has 14 radical (unpaired) electrons. The van der Waals surface area contributed by atoms with Gasteiger partial charge in [0.25, 0.3) is 0 Å². The molecule has 1 atom stereocenters. The summed E-state index contributed by atoms with van der Waals surface area (Å²) in [6, 6.07) is 0. The molecule has 1 saturated heterocycles. The van der Waals surface area contributed by atoms with E-state index in [1.54, 1.807) is 0 Å². The molecule has 0 aliphatic carbocycles. The molecule has 1 unspecified atom stereocenters. The molecule has 0 spiro atoms. The van der Waals surface area contributed by atoms with Crippen molar-refractivity contribution in [3.8, 4) is 0 Å². The molecular formula is C5H4B7NO2. The first kappa shape index (κ1) is 13.4. The van der Waals surface area contributed by atoms with Gasteiger partial charge in [-0.3, -0.25) is 4.90 Å². The smallest absolute Gasteiger partial charge is 0.137 e. The first-order chi connectivity index (χ1) is 6.36. The topological polar surface area (TPSA) is 32.7 Å². The molecule has 62 valence electrons. The summed E-state index contributed by atoms with van der Waals surface area (Å²) in [5, 5.41) is 3.56. The highest BCUT2D eigenvalue weighted by molar-refractivity contribution is 6.55. The van der Waals surface area contributed by atoms with E-state index in [2.05, 4.69) is 0 Å². The van der Waals surface area contributed by atoms with Gasteiger partial charge in [0.15, 0.2) is 0 Å². The minimum Gasteiger partial charge on any atom is -0.403 e. The Balaban J connectivity index is 3.24. The predicted octanol–water partition coefficient (Wildman–Crippen LogP) is -4.26. The van der Waals surface area contributed by atoms with Crippen LogP contribution in [0.4, 0.5) is 0 Å². The van der Waals surface area contributed by atoms with Gasteiger partial charge in [0.1, 0.15) is 23.5 Å². The molecule has 1 rings (SSSR count). The van der Waals surface area contributed by atoms with Crippen molar-refractivity contribution in [3.63, 3.8) is 0 Å². The summed E-state index contributed by atoms with van der Waals surface area (Å²) in [5.41, 5.74) is -2.32. The summed E-state index contributed by atoms with van der Waals surface area (Å²) < 4.78 is 4.81. The van der Waals surface area contributed by atoms with Crippen LogP contribution >= 0.6 is 0 Å². The summed E-state index contributed by atoms with van der Waals surface area (Å²) in [5.74, 6) is 0. The minimum atomic E-state index is -2.32. The van der Waals surface area contributed by atoms with Crippen LogP contribution in [0.3, 0.4) is 0 Å². The third-order valence-electron chi connectivity index (χ3n) is 2.61. The maximum atomic E-state index is 9.80. The minimum absolute atomic E-state index is 0.837. The molecule has 1 heterocycles. The van der Waals surface area contributed by atoms with E-state index >= 15 is 0 Å². The predicted molar refractivity (Wildman–Crippen MR) is 62.3 cm³/mol. The molecular weight excluding hydrogens is 182 g/mol.